The maximum atomic E-state index is 2.44. The molecule has 0 aromatic heterocycles. The lowest BCUT2D eigenvalue weighted by Crippen LogP contribution is -2.22. The first-order valence-corrected chi connectivity index (χ1v) is 7.70. The average molecular weight is 260 g/mol. The molecule has 0 fully saturated rings. The molecule has 18 heavy (non-hydrogen) atoms. The number of benzene rings is 1. The number of hydrogen-bond acceptors (Lipinski definition) is 1. The van der Waals surface area contributed by atoms with Crippen molar-refractivity contribution < 1.29 is 0 Å². The first-order chi connectivity index (χ1) is 8.19. The van der Waals surface area contributed by atoms with Crippen molar-refractivity contribution in [1.29, 1.82) is 0 Å². The van der Waals surface area contributed by atoms with E-state index in [1.54, 1.807) is 0 Å². The van der Waals surface area contributed by atoms with Crippen LogP contribution in [-0.4, -0.2) is 0 Å². The fourth-order valence-corrected chi connectivity index (χ4v) is 3.21. The lowest BCUT2D eigenvalue weighted by molar-refractivity contribution is 0.529. The van der Waals surface area contributed by atoms with Crippen molar-refractivity contribution in [2.75, 3.05) is 0 Å². The van der Waals surface area contributed by atoms with E-state index in [0.717, 1.165) is 5.75 Å². The Labute approximate surface area is 116 Å². The first kappa shape index (κ1) is 13.7. The minimum atomic E-state index is 0.204. The molecule has 0 saturated heterocycles. The molecule has 0 bridgehead atoms. The van der Waals surface area contributed by atoms with Crippen molar-refractivity contribution in [3.05, 3.63) is 39.8 Å². The Bertz CT molecular complexity index is 482. The summed E-state index contributed by atoms with van der Waals surface area (Å²) in [7, 11) is 0. The third kappa shape index (κ3) is 2.66. The van der Waals surface area contributed by atoms with Gasteiger partial charge in [-0.1, -0.05) is 53.7 Å². The monoisotopic (exact) mass is 260 g/mol. The Morgan fingerprint density at radius 3 is 2.00 bits per heavy atom. The minimum Gasteiger partial charge on any atom is -0.129 e. The molecule has 1 aromatic carbocycles. The summed E-state index contributed by atoms with van der Waals surface area (Å²) >= 11 is 1.89. The maximum Gasteiger partial charge on any atom is 0.0232 e. The second-order valence-electron chi connectivity index (χ2n) is 7.21. The Morgan fingerprint density at radius 2 is 1.44 bits per heavy atom. The quantitative estimate of drug-likeness (QED) is 0.593. The third-order valence-corrected chi connectivity index (χ3v) is 4.28. The fraction of sp³-hybridized carbons (Fsp3) is 0.529. The number of thioether (sulfide) groups is 1. The van der Waals surface area contributed by atoms with Crippen molar-refractivity contribution in [2.45, 2.75) is 58.1 Å². The molecule has 0 spiro atoms. The highest BCUT2D eigenvalue weighted by atomic mass is 32.2. The van der Waals surface area contributed by atoms with Crippen LogP contribution in [0.5, 0.6) is 0 Å². The van der Waals surface area contributed by atoms with E-state index in [9.17, 15) is 0 Å². The van der Waals surface area contributed by atoms with Crippen LogP contribution in [0.15, 0.2) is 17.5 Å². The van der Waals surface area contributed by atoms with Gasteiger partial charge in [0.15, 0.2) is 0 Å². The van der Waals surface area contributed by atoms with Crippen molar-refractivity contribution in [3.63, 3.8) is 0 Å². The predicted octanol–water partition coefficient (Wildman–Crippen LogP) is 5.50. The molecule has 1 aromatic rings. The van der Waals surface area contributed by atoms with Gasteiger partial charge >= 0.3 is 0 Å². The van der Waals surface area contributed by atoms with Crippen LogP contribution in [0.4, 0.5) is 0 Å². The topological polar surface area (TPSA) is 0 Å². The average Bonchev–Trinajstić information content (AvgIpc) is 2.25. The summed E-state index contributed by atoms with van der Waals surface area (Å²) in [4.78, 5) is 0. The molecule has 1 heteroatoms. The van der Waals surface area contributed by atoms with Gasteiger partial charge in [0.05, 0.1) is 0 Å². The first-order valence-electron chi connectivity index (χ1n) is 6.65. The summed E-state index contributed by atoms with van der Waals surface area (Å²) in [5, 5.41) is 2.21. The zero-order chi connectivity index (χ0) is 13.6. The van der Waals surface area contributed by atoms with Crippen LogP contribution in [-0.2, 0) is 16.6 Å². The van der Waals surface area contributed by atoms with E-state index in [1.165, 1.54) is 22.3 Å². The number of hydrogen-bond donors (Lipinski definition) is 0. The minimum absolute atomic E-state index is 0.204. The van der Waals surface area contributed by atoms with Crippen molar-refractivity contribution in [3.8, 4) is 0 Å². The SMILES string of the molecule is CC(C)(C)c1cc2c(cc1C(C)(C)C)CSC=C2. The second kappa shape index (κ2) is 4.45. The van der Waals surface area contributed by atoms with Gasteiger partial charge in [-0.05, 0) is 44.6 Å². The van der Waals surface area contributed by atoms with E-state index in [2.05, 4.69) is 65.2 Å². The Kier molecular flexibility index (Phi) is 3.40. The Morgan fingerprint density at radius 1 is 0.889 bits per heavy atom. The lowest BCUT2D eigenvalue weighted by Gasteiger charge is -2.32. The van der Waals surface area contributed by atoms with Crippen LogP contribution in [0.1, 0.15) is 63.8 Å². The van der Waals surface area contributed by atoms with Gasteiger partial charge in [0.25, 0.3) is 0 Å². The maximum absolute atomic E-state index is 2.44. The molecule has 0 unspecified atom stereocenters. The van der Waals surface area contributed by atoms with Gasteiger partial charge in [-0.25, -0.2) is 0 Å². The van der Waals surface area contributed by atoms with Crippen molar-refractivity contribution >= 4 is 17.8 Å². The van der Waals surface area contributed by atoms with Crippen molar-refractivity contribution in [1.82, 2.24) is 0 Å². The highest BCUT2D eigenvalue weighted by Gasteiger charge is 2.26. The molecule has 0 radical (unpaired) electrons. The molecular weight excluding hydrogens is 236 g/mol. The van der Waals surface area contributed by atoms with Crippen LogP contribution in [0.25, 0.3) is 6.08 Å². The molecule has 0 amide bonds. The molecule has 1 aliphatic heterocycles. The van der Waals surface area contributed by atoms with E-state index in [-0.39, 0.29) is 10.8 Å². The summed E-state index contributed by atoms with van der Waals surface area (Å²) in [6.45, 7) is 13.9. The zero-order valence-electron chi connectivity index (χ0n) is 12.4. The van der Waals surface area contributed by atoms with E-state index in [0.29, 0.717) is 0 Å². The molecule has 0 N–H and O–H groups in total. The number of rotatable bonds is 0. The Balaban J connectivity index is 2.67. The molecule has 1 heterocycles. The van der Waals surface area contributed by atoms with Crippen molar-refractivity contribution in [2.24, 2.45) is 0 Å². The standard InChI is InChI=1S/C17H24S/c1-16(2,3)14-9-12-7-8-18-11-13(12)10-15(14)17(4,5)6/h7-10H,11H2,1-6H3. The highest BCUT2D eigenvalue weighted by Crippen LogP contribution is 2.38. The summed E-state index contributed by atoms with van der Waals surface area (Å²) in [5.74, 6) is 1.11. The van der Waals surface area contributed by atoms with Gasteiger partial charge in [-0.2, -0.15) is 0 Å². The molecule has 0 aliphatic carbocycles. The second-order valence-corrected chi connectivity index (χ2v) is 8.10. The molecule has 0 saturated carbocycles. The van der Waals surface area contributed by atoms with Gasteiger partial charge in [-0.15, -0.1) is 11.8 Å². The fourth-order valence-electron chi connectivity index (χ4n) is 2.44. The molecule has 0 nitrogen and oxygen atoms in total. The summed E-state index contributed by atoms with van der Waals surface area (Å²) in [6.07, 6.45) is 2.26. The molecule has 1 aliphatic rings. The van der Waals surface area contributed by atoms with Crippen LogP contribution < -0.4 is 0 Å². The summed E-state index contributed by atoms with van der Waals surface area (Å²) in [6, 6.07) is 4.85. The lowest BCUT2D eigenvalue weighted by atomic mass is 9.74. The van der Waals surface area contributed by atoms with E-state index in [4.69, 9.17) is 0 Å². The predicted molar refractivity (Wildman–Crippen MR) is 84.2 cm³/mol. The van der Waals surface area contributed by atoms with Gasteiger partial charge < -0.3 is 0 Å². The Hall–Kier alpha value is -0.690. The summed E-state index contributed by atoms with van der Waals surface area (Å²) in [5.41, 5.74) is 6.31. The van der Waals surface area contributed by atoms with Crippen LogP contribution in [0.2, 0.25) is 0 Å². The largest absolute Gasteiger partial charge is 0.129 e. The van der Waals surface area contributed by atoms with Crippen LogP contribution >= 0.6 is 11.8 Å². The van der Waals surface area contributed by atoms with Crippen LogP contribution in [0, 0.1) is 0 Å². The van der Waals surface area contributed by atoms with E-state index in [1.807, 2.05) is 11.8 Å². The van der Waals surface area contributed by atoms with Crippen LogP contribution in [0.3, 0.4) is 0 Å². The van der Waals surface area contributed by atoms with E-state index >= 15 is 0 Å². The zero-order valence-corrected chi connectivity index (χ0v) is 13.2. The molecule has 98 valence electrons. The number of fused-ring (bicyclic) bond motifs is 1. The van der Waals surface area contributed by atoms with E-state index < -0.39 is 0 Å². The summed E-state index contributed by atoms with van der Waals surface area (Å²) < 4.78 is 0. The van der Waals surface area contributed by atoms with Gasteiger partial charge in [0.2, 0.25) is 0 Å². The molecule has 2 rings (SSSR count). The smallest absolute Gasteiger partial charge is 0.0232 e. The molecular formula is C17H24S. The normalized spacial score (nSPS) is 15.7. The van der Waals surface area contributed by atoms with Gasteiger partial charge in [-0.3, -0.25) is 0 Å². The highest BCUT2D eigenvalue weighted by molar-refractivity contribution is 8.01. The van der Waals surface area contributed by atoms with Gasteiger partial charge in [0, 0.05) is 5.75 Å². The molecule has 0 atom stereocenters. The van der Waals surface area contributed by atoms with Gasteiger partial charge in [0.1, 0.15) is 0 Å². The third-order valence-electron chi connectivity index (χ3n) is 3.48.